The number of aromatic nitrogens is 1. The average molecular weight is 463 g/mol. The highest BCUT2D eigenvalue weighted by Crippen LogP contribution is 2.27. The summed E-state index contributed by atoms with van der Waals surface area (Å²) in [5.41, 5.74) is 1.75. The maximum Gasteiger partial charge on any atom is 0.262 e. The summed E-state index contributed by atoms with van der Waals surface area (Å²) in [4.78, 5) is 21.4. The van der Waals surface area contributed by atoms with Crippen LogP contribution in [-0.4, -0.2) is 60.8 Å². The number of carbonyl (C=O) groups is 1. The Bertz CT molecular complexity index is 1080. The SMILES string of the molecule is COc1cc(CN2CCCN(c3ccc(NC(=O)COc4ccccc4)cn3)CC2)ccc1O. The van der Waals surface area contributed by atoms with Gasteiger partial charge in [0.2, 0.25) is 0 Å². The Balaban J connectivity index is 1.27. The minimum Gasteiger partial charge on any atom is -0.504 e. The van der Waals surface area contributed by atoms with Gasteiger partial charge < -0.3 is 24.8 Å². The van der Waals surface area contributed by atoms with Crippen molar-refractivity contribution in [3.05, 3.63) is 72.4 Å². The van der Waals surface area contributed by atoms with Gasteiger partial charge in [-0.2, -0.15) is 0 Å². The average Bonchev–Trinajstić information content (AvgIpc) is 3.10. The zero-order valence-electron chi connectivity index (χ0n) is 19.3. The molecular formula is C26H30N4O4. The van der Waals surface area contributed by atoms with Crippen LogP contribution in [0.3, 0.4) is 0 Å². The Morgan fingerprint density at radius 3 is 2.68 bits per heavy atom. The summed E-state index contributed by atoms with van der Waals surface area (Å²) in [6.45, 7) is 4.40. The molecule has 1 aromatic heterocycles. The second-order valence-corrected chi connectivity index (χ2v) is 8.18. The molecule has 3 aromatic rings. The topological polar surface area (TPSA) is 87.2 Å². The molecule has 1 aliphatic rings. The number of benzene rings is 2. The minimum atomic E-state index is -0.227. The van der Waals surface area contributed by atoms with Crippen LogP contribution in [-0.2, 0) is 11.3 Å². The second-order valence-electron chi connectivity index (χ2n) is 8.18. The van der Waals surface area contributed by atoms with Gasteiger partial charge in [-0.3, -0.25) is 9.69 Å². The number of amides is 1. The quantitative estimate of drug-likeness (QED) is 0.530. The molecule has 0 unspecified atom stereocenters. The Hall–Kier alpha value is -3.78. The zero-order valence-corrected chi connectivity index (χ0v) is 19.3. The molecule has 0 aliphatic carbocycles. The first-order valence-electron chi connectivity index (χ1n) is 11.4. The predicted molar refractivity (Wildman–Crippen MR) is 132 cm³/mol. The molecule has 2 N–H and O–H groups in total. The van der Waals surface area contributed by atoms with Gasteiger partial charge in [0.15, 0.2) is 18.1 Å². The number of hydrogen-bond donors (Lipinski definition) is 2. The molecule has 2 heterocycles. The van der Waals surface area contributed by atoms with Crippen molar-refractivity contribution in [3.63, 3.8) is 0 Å². The molecule has 8 nitrogen and oxygen atoms in total. The monoisotopic (exact) mass is 462 g/mol. The van der Waals surface area contributed by atoms with Crippen molar-refractivity contribution in [1.82, 2.24) is 9.88 Å². The fourth-order valence-electron chi connectivity index (χ4n) is 3.95. The molecule has 0 saturated carbocycles. The van der Waals surface area contributed by atoms with Crippen molar-refractivity contribution in [2.24, 2.45) is 0 Å². The van der Waals surface area contributed by atoms with Crippen LogP contribution in [0.25, 0.3) is 0 Å². The fraction of sp³-hybridized carbons (Fsp3) is 0.308. The maximum atomic E-state index is 12.2. The van der Waals surface area contributed by atoms with Crippen molar-refractivity contribution in [3.8, 4) is 17.2 Å². The van der Waals surface area contributed by atoms with Crippen molar-refractivity contribution in [2.75, 3.05) is 50.1 Å². The molecule has 2 aromatic carbocycles. The fourth-order valence-corrected chi connectivity index (χ4v) is 3.95. The van der Waals surface area contributed by atoms with E-state index in [0.29, 0.717) is 17.2 Å². The number of rotatable bonds is 8. The standard InChI is InChI=1S/C26H30N4O4/c1-33-24-16-20(8-10-23(24)31)18-29-12-5-13-30(15-14-29)25-11-9-21(17-27-25)28-26(32)19-34-22-6-3-2-4-7-22/h2-4,6-11,16-17,31H,5,12-15,18-19H2,1H3,(H,28,32). The van der Waals surface area contributed by atoms with Crippen molar-refractivity contribution in [2.45, 2.75) is 13.0 Å². The van der Waals surface area contributed by atoms with Gasteiger partial charge in [-0.05, 0) is 48.4 Å². The molecule has 0 radical (unpaired) electrons. The van der Waals surface area contributed by atoms with Gasteiger partial charge in [0.1, 0.15) is 11.6 Å². The van der Waals surface area contributed by atoms with E-state index in [4.69, 9.17) is 9.47 Å². The lowest BCUT2D eigenvalue weighted by Gasteiger charge is -2.23. The first-order valence-corrected chi connectivity index (χ1v) is 11.4. The molecule has 1 fully saturated rings. The largest absolute Gasteiger partial charge is 0.504 e. The van der Waals surface area contributed by atoms with E-state index in [9.17, 15) is 9.90 Å². The zero-order chi connectivity index (χ0) is 23.8. The number of para-hydroxylation sites is 1. The van der Waals surface area contributed by atoms with Gasteiger partial charge >= 0.3 is 0 Å². The third-order valence-electron chi connectivity index (χ3n) is 5.71. The van der Waals surface area contributed by atoms with Crippen molar-refractivity contribution < 1.29 is 19.4 Å². The Morgan fingerprint density at radius 2 is 1.91 bits per heavy atom. The van der Waals surface area contributed by atoms with E-state index < -0.39 is 0 Å². The van der Waals surface area contributed by atoms with Crippen molar-refractivity contribution >= 4 is 17.4 Å². The van der Waals surface area contributed by atoms with E-state index in [1.165, 1.54) is 0 Å². The number of phenols is 1. The maximum absolute atomic E-state index is 12.2. The number of aromatic hydroxyl groups is 1. The Kier molecular flexibility index (Phi) is 7.83. The lowest BCUT2D eigenvalue weighted by atomic mass is 10.2. The summed E-state index contributed by atoms with van der Waals surface area (Å²) in [6, 6.07) is 18.6. The third-order valence-corrected chi connectivity index (χ3v) is 5.71. The normalized spacial score (nSPS) is 14.3. The van der Waals surface area contributed by atoms with Gasteiger partial charge in [0, 0.05) is 32.7 Å². The molecule has 0 atom stereocenters. The number of ether oxygens (including phenoxy) is 2. The van der Waals surface area contributed by atoms with Crippen LogP contribution < -0.4 is 19.7 Å². The third kappa shape index (κ3) is 6.39. The Labute approximate surface area is 199 Å². The smallest absolute Gasteiger partial charge is 0.262 e. The first kappa shape index (κ1) is 23.4. The number of carbonyl (C=O) groups excluding carboxylic acids is 1. The molecule has 8 heteroatoms. The van der Waals surface area contributed by atoms with Crippen LogP contribution in [0.4, 0.5) is 11.5 Å². The number of nitrogens with zero attached hydrogens (tertiary/aromatic N) is 3. The molecule has 34 heavy (non-hydrogen) atoms. The first-order chi connectivity index (χ1) is 16.6. The van der Waals surface area contributed by atoms with Crippen LogP contribution in [0.15, 0.2) is 66.9 Å². The van der Waals surface area contributed by atoms with Gasteiger partial charge in [-0.15, -0.1) is 0 Å². The molecule has 0 bridgehead atoms. The van der Waals surface area contributed by atoms with E-state index in [-0.39, 0.29) is 18.3 Å². The summed E-state index contributed by atoms with van der Waals surface area (Å²) in [5, 5.41) is 12.6. The molecule has 0 spiro atoms. The summed E-state index contributed by atoms with van der Waals surface area (Å²) < 4.78 is 10.7. The summed E-state index contributed by atoms with van der Waals surface area (Å²) in [5.74, 6) is 1.98. The summed E-state index contributed by atoms with van der Waals surface area (Å²) in [6.07, 6.45) is 2.70. The van der Waals surface area contributed by atoms with E-state index in [1.54, 1.807) is 19.4 Å². The predicted octanol–water partition coefficient (Wildman–Crippen LogP) is 3.53. The van der Waals surface area contributed by atoms with Gasteiger partial charge in [0.25, 0.3) is 5.91 Å². The highest BCUT2D eigenvalue weighted by Gasteiger charge is 2.17. The van der Waals surface area contributed by atoms with E-state index in [2.05, 4.69) is 20.1 Å². The number of anilines is 2. The minimum absolute atomic E-state index is 0.0549. The molecule has 1 aliphatic heterocycles. The van der Waals surface area contributed by atoms with Crippen LogP contribution >= 0.6 is 0 Å². The lowest BCUT2D eigenvalue weighted by Crippen LogP contribution is -2.31. The number of phenolic OH excluding ortho intramolecular Hbond substituents is 1. The summed E-state index contributed by atoms with van der Waals surface area (Å²) in [7, 11) is 1.56. The number of hydrogen-bond acceptors (Lipinski definition) is 7. The second kappa shape index (κ2) is 11.4. The van der Waals surface area contributed by atoms with Crippen LogP contribution in [0, 0.1) is 0 Å². The van der Waals surface area contributed by atoms with Gasteiger partial charge in [0.05, 0.1) is 19.0 Å². The molecule has 4 rings (SSSR count). The van der Waals surface area contributed by atoms with E-state index in [0.717, 1.165) is 50.5 Å². The van der Waals surface area contributed by atoms with Gasteiger partial charge in [-0.25, -0.2) is 4.98 Å². The van der Waals surface area contributed by atoms with E-state index in [1.807, 2.05) is 54.6 Å². The number of nitrogens with one attached hydrogen (secondary N) is 1. The highest BCUT2D eigenvalue weighted by atomic mass is 16.5. The van der Waals surface area contributed by atoms with Crippen LogP contribution in [0.1, 0.15) is 12.0 Å². The van der Waals surface area contributed by atoms with Crippen LogP contribution in [0.5, 0.6) is 17.2 Å². The van der Waals surface area contributed by atoms with E-state index >= 15 is 0 Å². The lowest BCUT2D eigenvalue weighted by molar-refractivity contribution is -0.118. The Morgan fingerprint density at radius 1 is 1.06 bits per heavy atom. The summed E-state index contributed by atoms with van der Waals surface area (Å²) >= 11 is 0. The van der Waals surface area contributed by atoms with Crippen molar-refractivity contribution in [1.29, 1.82) is 0 Å². The molecular weight excluding hydrogens is 432 g/mol. The van der Waals surface area contributed by atoms with Gasteiger partial charge in [-0.1, -0.05) is 24.3 Å². The molecule has 1 amide bonds. The highest BCUT2D eigenvalue weighted by molar-refractivity contribution is 5.91. The number of pyridine rings is 1. The van der Waals surface area contributed by atoms with Crippen LogP contribution in [0.2, 0.25) is 0 Å². The number of methoxy groups -OCH3 is 1. The molecule has 1 saturated heterocycles. The molecule has 178 valence electrons.